The van der Waals surface area contributed by atoms with E-state index < -0.39 is 25.3 Å². The zero-order valence-electron chi connectivity index (χ0n) is 21.9. The fourth-order valence-corrected chi connectivity index (χ4v) is 11.4. The van der Waals surface area contributed by atoms with Gasteiger partial charge in [0.15, 0.2) is 0 Å². The quantitative estimate of drug-likeness (QED) is 0.227. The van der Waals surface area contributed by atoms with Crippen molar-refractivity contribution in [3.63, 3.8) is 0 Å². The predicted molar refractivity (Wildman–Crippen MR) is 156 cm³/mol. The second kappa shape index (κ2) is 13.2. The zero-order chi connectivity index (χ0) is 24.9. The normalized spacial score (nSPS) is 19.6. The number of likely N-dealkylation sites (tertiary alicyclic amines) is 1. The molecule has 0 N–H and O–H groups in total. The van der Waals surface area contributed by atoms with Crippen LogP contribution in [0.3, 0.4) is 0 Å². The minimum absolute atomic E-state index is 0. The molecule has 192 valence electrons. The van der Waals surface area contributed by atoms with E-state index in [1.54, 1.807) is 5.56 Å². The molecule has 2 unspecified atom stereocenters. The molecular weight excluding hydrogens is 535 g/mol. The van der Waals surface area contributed by atoms with Crippen LogP contribution in [-0.4, -0.2) is 31.8 Å². The molecule has 0 saturated carbocycles. The average Bonchev–Trinajstić information content (AvgIpc) is 3.52. The van der Waals surface area contributed by atoms with Crippen LogP contribution in [0.25, 0.3) is 4.98 Å². The van der Waals surface area contributed by atoms with Crippen LogP contribution in [0.2, 0.25) is 0 Å². The summed E-state index contributed by atoms with van der Waals surface area (Å²) in [5, 5.41) is 2.87. The van der Waals surface area contributed by atoms with Gasteiger partial charge in [-0.1, -0.05) is 116 Å². The van der Waals surface area contributed by atoms with Gasteiger partial charge in [-0.05, 0) is 49.0 Å². The molecule has 6 heteroatoms. The predicted octanol–water partition coefficient (Wildman–Crippen LogP) is 7.61. The third-order valence-corrected chi connectivity index (χ3v) is 12.2. The molecule has 0 bridgehead atoms. The van der Waals surface area contributed by atoms with Gasteiger partial charge in [0, 0.05) is 14.3 Å². The number of hydrogen-bond donors (Lipinski definition) is 0. The van der Waals surface area contributed by atoms with E-state index in [1.165, 1.54) is 48.3 Å². The Balaban J connectivity index is 0.000000861. The second-order valence-corrected chi connectivity index (χ2v) is 16.7. The third kappa shape index (κ3) is 6.38. The molecule has 1 heterocycles. The molecule has 0 radical (unpaired) electrons. The van der Waals surface area contributed by atoms with Gasteiger partial charge in [0.05, 0.1) is 0 Å². The third-order valence-electron chi connectivity index (χ3n) is 7.21. The van der Waals surface area contributed by atoms with Gasteiger partial charge in [0.1, 0.15) is 0 Å². The van der Waals surface area contributed by atoms with Gasteiger partial charge in [-0.2, -0.15) is 0 Å². The monoisotopic (exact) mass is 572 g/mol. The van der Waals surface area contributed by atoms with Crippen LogP contribution < -0.4 is 10.4 Å². The van der Waals surface area contributed by atoms with Crippen molar-refractivity contribution in [3.05, 3.63) is 108 Å². The Morgan fingerprint density at radius 1 is 0.778 bits per heavy atom. The SMILES string of the molecule is CC(C)(C)[N-][Si](c1ccccc1)(c1ccccc1)C1CC(N2CCCC2)c2ccccc21.[CH3-].[Cl][Ti][Cl]. The van der Waals surface area contributed by atoms with E-state index in [0.717, 1.165) is 0 Å². The fraction of sp³-hybridized carbons (Fsp3) is 0.367. The van der Waals surface area contributed by atoms with Crippen LogP contribution in [0.5, 0.6) is 0 Å². The summed E-state index contributed by atoms with van der Waals surface area (Å²) in [4.78, 5) is 8.58. The Labute approximate surface area is 236 Å². The first-order valence-corrected chi connectivity index (χ1v) is 18.9. The first-order valence-electron chi connectivity index (χ1n) is 12.5. The van der Waals surface area contributed by atoms with Gasteiger partial charge >= 0.3 is 35.6 Å². The standard InChI is InChI=1S/C29H35N2Si.CH3.2ClH.Ti/c1-29(2,3)30-32(23-14-6-4-7-15-23,24-16-8-5-9-17-24)28-22-27(31-20-12-13-21-31)25-18-10-11-19-26(25)28;;;;/h4-11,14-19,27-28H,12-13,20-22H2,1-3H3;1H3;2*1H;/q2*-1;;;+2/p-2. The van der Waals surface area contributed by atoms with Crippen LogP contribution in [0.15, 0.2) is 84.9 Å². The first-order chi connectivity index (χ1) is 16.9. The van der Waals surface area contributed by atoms with Crippen LogP contribution in [0.4, 0.5) is 0 Å². The molecule has 3 aromatic carbocycles. The summed E-state index contributed by atoms with van der Waals surface area (Å²) in [6.45, 7) is 9.29. The van der Waals surface area contributed by atoms with E-state index in [0.29, 0.717) is 11.6 Å². The maximum atomic E-state index is 5.84. The second-order valence-electron chi connectivity index (χ2n) is 10.5. The molecule has 2 nitrogen and oxygen atoms in total. The Bertz CT molecular complexity index is 1030. The van der Waals surface area contributed by atoms with Crippen LogP contribution in [0, 0.1) is 7.43 Å². The number of nitrogens with zero attached hydrogens (tertiary/aromatic N) is 2. The van der Waals surface area contributed by atoms with Crippen molar-refractivity contribution in [2.75, 3.05) is 13.1 Å². The van der Waals surface area contributed by atoms with Crippen molar-refractivity contribution in [1.29, 1.82) is 0 Å². The Morgan fingerprint density at radius 3 is 1.69 bits per heavy atom. The molecule has 0 spiro atoms. The number of hydrogen-bond acceptors (Lipinski definition) is 1. The molecule has 1 aliphatic heterocycles. The molecule has 3 aromatic rings. The van der Waals surface area contributed by atoms with Crippen molar-refractivity contribution >= 4 is 37.2 Å². The first kappa shape index (κ1) is 29.6. The van der Waals surface area contributed by atoms with Crippen molar-refractivity contribution in [1.82, 2.24) is 4.90 Å². The molecule has 2 aliphatic rings. The van der Waals surface area contributed by atoms with Crippen LogP contribution in [-0.2, 0) is 17.0 Å². The molecule has 5 rings (SSSR count). The van der Waals surface area contributed by atoms with Gasteiger partial charge in [0.25, 0.3) is 0 Å². The van der Waals surface area contributed by atoms with Gasteiger partial charge in [0.2, 0.25) is 0 Å². The Morgan fingerprint density at radius 2 is 1.22 bits per heavy atom. The van der Waals surface area contributed by atoms with E-state index in [-0.39, 0.29) is 13.0 Å². The van der Waals surface area contributed by atoms with Gasteiger partial charge in [-0.25, -0.2) is 0 Å². The van der Waals surface area contributed by atoms with Crippen molar-refractivity contribution in [3.8, 4) is 0 Å². The van der Waals surface area contributed by atoms with Crippen LogP contribution in [0.1, 0.15) is 62.7 Å². The van der Waals surface area contributed by atoms with E-state index in [2.05, 4.69) is 111 Å². The molecule has 0 amide bonds. The summed E-state index contributed by atoms with van der Waals surface area (Å²) in [6.07, 6.45) is 3.83. The van der Waals surface area contributed by atoms with Crippen molar-refractivity contribution in [2.45, 2.75) is 57.2 Å². The minimum atomic E-state index is -2.50. The molecule has 1 fully saturated rings. The van der Waals surface area contributed by atoms with E-state index in [1.807, 2.05) is 0 Å². The molecule has 0 aromatic heterocycles. The molecule has 1 aliphatic carbocycles. The molecule has 1 saturated heterocycles. The average molecular weight is 574 g/mol. The molecule has 2 atom stereocenters. The van der Waals surface area contributed by atoms with E-state index in [9.17, 15) is 0 Å². The van der Waals surface area contributed by atoms with E-state index >= 15 is 0 Å². The summed E-state index contributed by atoms with van der Waals surface area (Å²) >= 11 is -0.556. The fourth-order valence-electron chi connectivity index (χ4n) is 6.09. The zero-order valence-corrected chi connectivity index (χ0v) is 26.0. The number of benzene rings is 3. The maximum absolute atomic E-state index is 5.84. The molecular formula is C30H38Cl2N2SiTi-2. The summed E-state index contributed by atoms with van der Waals surface area (Å²) in [5.41, 5.74) is 3.41. The molecule has 36 heavy (non-hydrogen) atoms. The Kier molecular flexibility index (Phi) is 10.9. The summed E-state index contributed by atoms with van der Waals surface area (Å²) < 4.78 is 0. The summed E-state index contributed by atoms with van der Waals surface area (Å²) in [7, 11) is 7.28. The number of halogens is 2. The number of fused-ring (bicyclic) bond motifs is 1. The number of rotatable bonds is 5. The van der Waals surface area contributed by atoms with Gasteiger partial charge in [-0.15, -0.1) is 5.54 Å². The topological polar surface area (TPSA) is 17.3 Å². The van der Waals surface area contributed by atoms with Gasteiger partial charge in [-0.3, -0.25) is 4.90 Å². The van der Waals surface area contributed by atoms with Crippen LogP contribution >= 0.6 is 18.6 Å². The van der Waals surface area contributed by atoms with Crippen molar-refractivity contribution in [2.24, 2.45) is 0 Å². The van der Waals surface area contributed by atoms with Crippen molar-refractivity contribution < 1.29 is 17.0 Å². The van der Waals surface area contributed by atoms with E-state index in [4.69, 9.17) is 23.6 Å². The summed E-state index contributed by atoms with van der Waals surface area (Å²) in [6, 6.07) is 32.3. The van der Waals surface area contributed by atoms with Gasteiger partial charge < -0.3 is 12.4 Å². The summed E-state index contributed by atoms with van der Waals surface area (Å²) in [5.74, 6) is 0. The Hall–Kier alpha value is -0.909.